The third-order valence-electron chi connectivity index (χ3n) is 6.87. The third kappa shape index (κ3) is 6.17. The Balaban J connectivity index is 1.32. The molecule has 5 rings (SSSR count). The van der Waals surface area contributed by atoms with Crippen LogP contribution in [0.15, 0.2) is 61.1 Å². The molecule has 3 aromatic heterocycles. The molecule has 40 heavy (non-hydrogen) atoms. The van der Waals surface area contributed by atoms with Crippen LogP contribution in [-0.4, -0.2) is 75.0 Å². The van der Waals surface area contributed by atoms with Crippen molar-refractivity contribution in [2.45, 2.75) is 19.5 Å². The lowest BCUT2D eigenvalue weighted by Crippen LogP contribution is -2.47. The van der Waals surface area contributed by atoms with Crippen LogP contribution in [0.25, 0.3) is 16.9 Å². The maximum absolute atomic E-state index is 13.0. The Labute approximate surface area is 228 Å². The highest BCUT2D eigenvalue weighted by Crippen LogP contribution is 2.29. The lowest BCUT2D eigenvalue weighted by atomic mass is 10.1. The van der Waals surface area contributed by atoms with E-state index in [-0.39, 0.29) is 18.8 Å². The van der Waals surface area contributed by atoms with Crippen molar-refractivity contribution in [3.05, 3.63) is 83.6 Å². The molecule has 8 nitrogen and oxygen atoms in total. The van der Waals surface area contributed by atoms with Crippen LogP contribution in [0.1, 0.15) is 27.3 Å². The number of nitrogens with zero attached hydrogens (tertiary/aromatic N) is 7. The number of benzene rings is 1. The fourth-order valence-corrected chi connectivity index (χ4v) is 4.65. The van der Waals surface area contributed by atoms with Crippen molar-refractivity contribution in [3.8, 4) is 16.9 Å². The van der Waals surface area contributed by atoms with Gasteiger partial charge in [0.15, 0.2) is 5.78 Å². The van der Waals surface area contributed by atoms with E-state index in [1.807, 2.05) is 24.3 Å². The van der Waals surface area contributed by atoms with Crippen LogP contribution in [0.2, 0.25) is 0 Å². The smallest absolute Gasteiger partial charge is 0.369 e. The summed E-state index contributed by atoms with van der Waals surface area (Å²) in [5.41, 5.74) is 3.14. The van der Waals surface area contributed by atoms with Crippen molar-refractivity contribution >= 4 is 11.5 Å². The number of ketones is 1. The zero-order valence-corrected chi connectivity index (χ0v) is 21.8. The van der Waals surface area contributed by atoms with Gasteiger partial charge in [-0.25, -0.2) is 9.07 Å². The van der Waals surface area contributed by atoms with Gasteiger partial charge in [0.25, 0.3) is 0 Å². The van der Waals surface area contributed by atoms with Gasteiger partial charge in [-0.2, -0.15) is 13.2 Å². The molecule has 1 saturated heterocycles. The van der Waals surface area contributed by atoms with Crippen LogP contribution in [0.4, 0.5) is 23.2 Å². The van der Waals surface area contributed by atoms with E-state index < -0.39 is 17.5 Å². The van der Waals surface area contributed by atoms with Gasteiger partial charge in [-0.15, -0.1) is 5.10 Å². The van der Waals surface area contributed by atoms with Crippen molar-refractivity contribution in [2.24, 2.45) is 0 Å². The number of carbonyl (C=O) groups is 1. The van der Waals surface area contributed by atoms with E-state index in [1.54, 1.807) is 23.9 Å². The van der Waals surface area contributed by atoms with Crippen LogP contribution >= 0.6 is 0 Å². The summed E-state index contributed by atoms with van der Waals surface area (Å²) in [4.78, 5) is 25.3. The molecule has 0 N–H and O–H groups in total. The van der Waals surface area contributed by atoms with Gasteiger partial charge in [0.2, 0.25) is 0 Å². The normalized spacial score (nSPS) is 14.5. The van der Waals surface area contributed by atoms with Crippen molar-refractivity contribution in [1.29, 1.82) is 0 Å². The van der Waals surface area contributed by atoms with E-state index in [2.05, 4.69) is 30.1 Å². The van der Waals surface area contributed by atoms with E-state index in [0.29, 0.717) is 29.2 Å². The number of aromatic nitrogens is 5. The molecule has 0 amide bonds. The van der Waals surface area contributed by atoms with Gasteiger partial charge in [-0.3, -0.25) is 19.7 Å². The second-order valence-electron chi connectivity index (χ2n) is 9.59. The van der Waals surface area contributed by atoms with E-state index >= 15 is 0 Å². The summed E-state index contributed by atoms with van der Waals surface area (Å²) in [6.07, 6.45) is -0.475. The van der Waals surface area contributed by atoms with Crippen LogP contribution in [0.5, 0.6) is 0 Å². The van der Waals surface area contributed by atoms with Crippen LogP contribution in [0, 0.1) is 6.92 Å². The average Bonchev–Trinajstić information content (AvgIpc) is 3.45. The first-order valence-electron chi connectivity index (χ1n) is 12.8. The Morgan fingerprint density at radius 3 is 2.58 bits per heavy atom. The maximum Gasteiger partial charge on any atom is 0.416 e. The quantitative estimate of drug-likeness (QED) is 0.234. The molecule has 4 heterocycles. The molecular weight excluding hydrogens is 526 g/mol. The van der Waals surface area contributed by atoms with Crippen LogP contribution in [0.3, 0.4) is 0 Å². The number of rotatable bonds is 8. The molecule has 0 spiro atoms. The van der Waals surface area contributed by atoms with Crippen molar-refractivity contribution in [3.63, 3.8) is 0 Å². The van der Waals surface area contributed by atoms with Gasteiger partial charge < -0.3 is 4.90 Å². The highest BCUT2D eigenvalue weighted by atomic mass is 19.4. The lowest BCUT2D eigenvalue weighted by Gasteiger charge is -2.35. The van der Waals surface area contributed by atoms with Gasteiger partial charge in [0, 0.05) is 62.8 Å². The minimum absolute atomic E-state index is 0.170. The first-order chi connectivity index (χ1) is 19.2. The minimum atomic E-state index is -4.56. The average molecular weight is 554 g/mol. The number of piperazine rings is 1. The maximum atomic E-state index is 13.0. The number of pyridine rings is 2. The molecule has 0 radical (unpaired) electrons. The zero-order valence-electron chi connectivity index (χ0n) is 21.8. The predicted molar refractivity (Wildman–Crippen MR) is 141 cm³/mol. The molecule has 0 aliphatic carbocycles. The van der Waals surface area contributed by atoms with Gasteiger partial charge in [-0.1, -0.05) is 17.3 Å². The molecule has 1 aliphatic rings. The Kier molecular flexibility index (Phi) is 7.88. The number of alkyl halides is 4. The van der Waals surface area contributed by atoms with E-state index in [9.17, 15) is 22.4 Å². The van der Waals surface area contributed by atoms with Gasteiger partial charge >= 0.3 is 6.18 Å². The van der Waals surface area contributed by atoms with Crippen molar-refractivity contribution < 1.29 is 22.4 Å². The topological polar surface area (TPSA) is 80.0 Å². The van der Waals surface area contributed by atoms with E-state index in [0.717, 1.165) is 55.8 Å². The molecule has 0 unspecified atom stereocenters. The molecule has 1 aromatic carbocycles. The molecule has 0 atom stereocenters. The monoisotopic (exact) mass is 553 g/mol. The van der Waals surface area contributed by atoms with Gasteiger partial charge in [0.1, 0.15) is 18.1 Å². The number of Topliss-reactive ketones (excluding diaryl/α,β-unsaturated/α-hetero) is 1. The molecule has 0 bridgehead atoms. The third-order valence-corrected chi connectivity index (χ3v) is 6.87. The highest BCUT2D eigenvalue weighted by molar-refractivity contribution is 5.95. The van der Waals surface area contributed by atoms with Crippen molar-refractivity contribution in [1.82, 2.24) is 29.9 Å². The Morgan fingerprint density at radius 2 is 1.82 bits per heavy atom. The van der Waals surface area contributed by atoms with E-state index in [4.69, 9.17) is 0 Å². The molecule has 1 aliphatic heterocycles. The molecular formula is C28H27F4N7O. The van der Waals surface area contributed by atoms with E-state index in [1.165, 1.54) is 6.20 Å². The lowest BCUT2D eigenvalue weighted by molar-refractivity contribution is -0.137. The number of halogens is 4. The summed E-state index contributed by atoms with van der Waals surface area (Å²) in [6, 6.07) is 11.3. The summed E-state index contributed by atoms with van der Waals surface area (Å²) < 4.78 is 53.4. The fourth-order valence-electron chi connectivity index (χ4n) is 4.65. The second-order valence-corrected chi connectivity index (χ2v) is 9.59. The van der Waals surface area contributed by atoms with Gasteiger partial charge in [0.05, 0.1) is 23.1 Å². The SMILES string of the molecule is Cc1ncc(CC(=O)c2cc(C(F)(F)F)ccn2)cc1-n1cc(-c2cccc(N3CCN(CCF)CC3)c2)nn1. The molecule has 12 heteroatoms. The fraction of sp³-hybridized carbons (Fsp3) is 0.321. The first-order valence-corrected chi connectivity index (χ1v) is 12.8. The van der Waals surface area contributed by atoms with Crippen LogP contribution < -0.4 is 4.90 Å². The zero-order chi connectivity index (χ0) is 28.3. The summed E-state index contributed by atoms with van der Waals surface area (Å²) in [6.45, 7) is 5.14. The summed E-state index contributed by atoms with van der Waals surface area (Å²) >= 11 is 0. The molecule has 4 aromatic rings. The number of carbonyl (C=O) groups excluding carboxylic acids is 1. The molecule has 1 fully saturated rings. The van der Waals surface area contributed by atoms with Crippen molar-refractivity contribution in [2.75, 3.05) is 44.3 Å². The Morgan fingerprint density at radius 1 is 1.02 bits per heavy atom. The number of hydrogen-bond donors (Lipinski definition) is 0. The standard InChI is InChI=1S/C28H27F4N7O/c1-19-26(13-20(17-34-19)14-27(40)24-16-22(5-7-33-24)28(30,31)32)39-18-25(35-36-39)21-3-2-4-23(15-21)38-11-9-37(8-6-29)10-12-38/h2-5,7,13,15-18H,6,8-12,14H2,1H3. The predicted octanol–water partition coefficient (Wildman–Crippen LogP) is 4.57. The Bertz CT molecular complexity index is 1500. The number of anilines is 1. The second kappa shape index (κ2) is 11.5. The molecule has 208 valence electrons. The minimum Gasteiger partial charge on any atom is -0.369 e. The Hall–Kier alpha value is -4.19. The largest absolute Gasteiger partial charge is 0.416 e. The van der Waals surface area contributed by atoms with Crippen LogP contribution in [-0.2, 0) is 12.6 Å². The summed E-state index contributed by atoms with van der Waals surface area (Å²) in [7, 11) is 0. The summed E-state index contributed by atoms with van der Waals surface area (Å²) in [5.74, 6) is -0.552. The number of aryl methyl sites for hydroxylation is 1. The van der Waals surface area contributed by atoms with Gasteiger partial charge in [-0.05, 0) is 42.8 Å². The number of hydrogen-bond acceptors (Lipinski definition) is 7. The summed E-state index contributed by atoms with van der Waals surface area (Å²) in [5, 5.41) is 8.59. The highest BCUT2D eigenvalue weighted by Gasteiger charge is 2.31. The molecule has 0 saturated carbocycles. The first kappa shape index (κ1) is 27.4.